The Morgan fingerprint density at radius 2 is 1.50 bits per heavy atom. The van der Waals surface area contributed by atoms with Gasteiger partial charge in [0.15, 0.2) is 0 Å². The summed E-state index contributed by atoms with van der Waals surface area (Å²) >= 11 is 0. The van der Waals surface area contributed by atoms with Crippen LogP contribution in [0.1, 0.15) is 31.7 Å². The van der Waals surface area contributed by atoms with Crippen LogP contribution in [0.3, 0.4) is 0 Å². The highest BCUT2D eigenvalue weighted by molar-refractivity contribution is 6.01. The van der Waals surface area contributed by atoms with Gasteiger partial charge in [-0.25, -0.2) is 0 Å². The standard InChI is InChI=1S/C17H19N/c1-2-3-14-17(15-10-6-4-7-11-15)18-16-12-8-5-9-13-16/h4-13H,2-3,14H2,1H3/b18-17+. The van der Waals surface area contributed by atoms with Gasteiger partial charge in [-0.3, -0.25) is 4.99 Å². The minimum Gasteiger partial charge on any atom is -0.253 e. The van der Waals surface area contributed by atoms with Crippen molar-refractivity contribution < 1.29 is 0 Å². The van der Waals surface area contributed by atoms with Crippen molar-refractivity contribution in [3.8, 4) is 0 Å². The normalized spacial score (nSPS) is 11.5. The summed E-state index contributed by atoms with van der Waals surface area (Å²) in [6, 6.07) is 20.6. The van der Waals surface area contributed by atoms with E-state index >= 15 is 0 Å². The summed E-state index contributed by atoms with van der Waals surface area (Å²) in [4.78, 5) is 4.78. The van der Waals surface area contributed by atoms with Crippen LogP contribution in [0.15, 0.2) is 65.7 Å². The van der Waals surface area contributed by atoms with Gasteiger partial charge in [-0.2, -0.15) is 0 Å². The van der Waals surface area contributed by atoms with E-state index in [1.807, 2.05) is 24.3 Å². The molecule has 0 saturated heterocycles. The SMILES string of the molecule is CCCC/C(=N\c1ccccc1)c1ccccc1. The fraction of sp³-hybridized carbons (Fsp3) is 0.235. The average molecular weight is 237 g/mol. The van der Waals surface area contributed by atoms with Crippen molar-refractivity contribution in [2.45, 2.75) is 26.2 Å². The molecule has 0 aliphatic carbocycles. The van der Waals surface area contributed by atoms with Gasteiger partial charge in [-0.15, -0.1) is 0 Å². The molecule has 0 aliphatic rings. The largest absolute Gasteiger partial charge is 0.253 e. The van der Waals surface area contributed by atoms with Gasteiger partial charge < -0.3 is 0 Å². The summed E-state index contributed by atoms with van der Waals surface area (Å²) in [5, 5.41) is 0. The molecule has 1 heteroatoms. The van der Waals surface area contributed by atoms with E-state index in [0.717, 1.165) is 12.1 Å². The maximum absolute atomic E-state index is 4.78. The molecule has 2 rings (SSSR count). The number of hydrogen-bond donors (Lipinski definition) is 0. The first-order chi connectivity index (χ1) is 8.90. The highest BCUT2D eigenvalue weighted by atomic mass is 14.7. The Balaban J connectivity index is 2.28. The third-order valence-corrected chi connectivity index (χ3v) is 2.89. The number of unbranched alkanes of at least 4 members (excludes halogenated alkanes) is 1. The third kappa shape index (κ3) is 3.56. The van der Waals surface area contributed by atoms with E-state index in [1.54, 1.807) is 0 Å². The van der Waals surface area contributed by atoms with E-state index in [4.69, 9.17) is 4.99 Å². The molecule has 0 fully saturated rings. The monoisotopic (exact) mass is 237 g/mol. The molecular formula is C17H19N. The minimum atomic E-state index is 1.03. The van der Waals surface area contributed by atoms with Crippen LogP contribution in [0.4, 0.5) is 5.69 Å². The van der Waals surface area contributed by atoms with Crippen molar-refractivity contribution in [1.82, 2.24) is 0 Å². The lowest BCUT2D eigenvalue weighted by molar-refractivity contribution is 0.835. The molecule has 0 aliphatic heterocycles. The quantitative estimate of drug-likeness (QED) is 0.649. The van der Waals surface area contributed by atoms with Gasteiger partial charge in [0.05, 0.1) is 5.69 Å². The lowest BCUT2D eigenvalue weighted by Gasteiger charge is -2.06. The molecule has 0 heterocycles. The Morgan fingerprint density at radius 1 is 0.889 bits per heavy atom. The van der Waals surface area contributed by atoms with Gasteiger partial charge in [-0.05, 0) is 30.5 Å². The Bertz CT molecular complexity index is 486. The smallest absolute Gasteiger partial charge is 0.0633 e. The number of rotatable bonds is 5. The molecule has 92 valence electrons. The summed E-state index contributed by atoms with van der Waals surface area (Å²) in [6.07, 6.45) is 3.41. The first-order valence-corrected chi connectivity index (χ1v) is 6.58. The zero-order valence-electron chi connectivity index (χ0n) is 10.8. The van der Waals surface area contributed by atoms with E-state index in [9.17, 15) is 0 Å². The topological polar surface area (TPSA) is 12.4 Å². The zero-order valence-corrected chi connectivity index (χ0v) is 10.8. The van der Waals surface area contributed by atoms with Crippen LogP contribution >= 0.6 is 0 Å². The molecule has 0 spiro atoms. The van der Waals surface area contributed by atoms with Crippen LogP contribution in [0.25, 0.3) is 0 Å². The van der Waals surface area contributed by atoms with Crippen molar-refractivity contribution in [1.29, 1.82) is 0 Å². The van der Waals surface area contributed by atoms with Crippen molar-refractivity contribution in [2.24, 2.45) is 4.99 Å². The molecule has 0 saturated carbocycles. The van der Waals surface area contributed by atoms with Crippen molar-refractivity contribution in [3.05, 3.63) is 66.2 Å². The van der Waals surface area contributed by atoms with Gasteiger partial charge in [0.25, 0.3) is 0 Å². The second-order valence-electron chi connectivity index (χ2n) is 4.36. The molecule has 0 unspecified atom stereocenters. The number of nitrogens with zero attached hydrogens (tertiary/aromatic N) is 1. The maximum atomic E-state index is 4.78. The van der Waals surface area contributed by atoms with Crippen molar-refractivity contribution >= 4 is 11.4 Å². The lowest BCUT2D eigenvalue weighted by Crippen LogP contribution is -2.00. The first-order valence-electron chi connectivity index (χ1n) is 6.58. The van der Waals surface area contributed by atoms with Crippen LogP contribution < -0.4 is 0 Å². The molecule has 2 aromatic carbocycles. The highest BCUT2D eigenvalue weighted by Crippen LogP contribution is 2.16. The molecule has 2 aromatic rings. The molecule has 0 atom stereocenters. The Morgan fingerprint density at radius 3 is 2.11 bits per heavy atom. The van der Waals surface area contributed by atoms with E-state index < -0.39 is 0 Å². The summed E-state index contributed by atoms with van der Waals surface area (Å²) in [5.74, 6) is 0. The minimum absolute atomic E-state index is 1.03. The van der Waals surface area contributed by atoms with Gasteiger partial charge in [-0.1, -0.05) is 61.9 Å². The summed E-state index contributed by atoms with van der Waals surface area (Å²) in [7, 11) is 0. The second kappa shape index (κ2) is 6.75. The fourth-order valence-electron chi connectivity index (χ4n) is 1.90. The van der Waals surface area contributed by atoms with E-state index in [2.05, 4.69) is 43.3 Å². The molecule has 0 amide bonds. The zero-order chi connectivity index (χ0) is 12.6. The van der Waals surface area contributed by atoms with Crippen molar-refractivity contribution in [3.63, 3.8) is 0 Å². The average Bonchev–Trinajstić information content (AvgIpc) is 2.45. The predicted octanol–water partition coefficient (Wildman–Crippen LogP) is 5.00. The van der Waals surface area contributed by atoms with Crippen LogP contribution in [-0.4, -0.2) is 5.71 Å². The molecule has 0 aromatic heterocycles. The van der Waals surface area contributed by atoms with Crippen LogP contribution in [0, 0.1) is 0 Å². The molecule has 1 nitrogen and oxygen atoms in total. The first kappa shape index (κ1) is 12.6. The van der Waals surface area contributed by atoms with E-state index in [1.165, 1.54) is 24.1 Å². The third-order valence-electron chi connectivity index (χ3n) is 2.89. The highest BCUT2D eigenvalue weighted by Gasteiger charge is 2.02. The Hall–Kier alpha value is -1.89. The number of aliphatic imine (C=N–C) groups is 1. The molecule has 18 heavy (non-hydrogen) atoms. The molecule has 0 N–H and O–H groups in total. The maximum Gasteiger partial charge on any atom is 0.0633 e. The van der Waals surface area contributed by atoms with Gasteiger partial charge >= 0.3 is 0 Å². The fourth-order valence-corrected chi connectivity index (χ4v) is 1.90. The van der Waals surface area contributed by atoms with Crippen molar-refractivity contribution in [2.75, 3.05) is 0 Å². The van der Waals surface area contributed by atoms with Gasteiger partial charge in [0.2, 0.25) is 0 Å². The van der Waals surface area contributed by atoms with Gasteiger partial charge in [0, 0.05) is 5.71 Å². The molecular weight excluding hydrogens is 218 g/mol. The summed E-state index contributed by atoms with van der Waals surface area (Å²) in [5.41, 5.74) is 3.45. The van der Waals surface area contributed by atoms with Gasteiger partial charge in [0.1, 0.15) is 0 Å². The summed E-state index contributed by atoms with van der Waals surface area (Å²) < 4.78 is 0. The van der Waals surface area contributed by atoms with E-state index in [-0.39, 0.29) is 0 Å². The van der Waals surface area contributed by atoms with Crippen LogP contribution in [0.5, 0.6) is 0 Å². The lowest BCUT2D eigenvalue weighted by atomic mass is 10.0. The Labute approximate surface area is 109 Å². The number of hydrogen-bond acceptors (Lipinski definition) is 1. The predicted molar refractivity (Wildman–Crippen MR) is 78.6 cm³/mol. The van der Waals surface area contributed by atoms with Crippen LogP contribution in [-0.2, 0) is 0 Å². The summed E-state index contributed by atoms with van der Waals surface area (Å²) in [6.45, 7) is 2.21. The second-order valence-corrected chi connectivity index (χ2v) is 4.36. The van der Waals surface area contributed by atoms with Crippen LogP contribution in [0.2, 0.25) is 0 Å². The number of para-hydroxylation sites is 1. The number of benzene rings is 2. The van der Waals surface area contributed by atoms with E-state index in [0.29, 0.717) is 0 Å². The molecule has 0 radical (unpaired) electrons. The molecule has 0 bridgehead atoms. The Kier molecular flexibility index (Phi) is 4.71.